The number of ether oxygens (including phenoxy) is 2. The first-order valence-corrected chi connectivity index (χ1v) is 6.89. The third-order valence-corrected chi connectivity index (χ3v) is 3.96. The molecule has 2 aliphatic rings. The molecule has 102 valence electrons. The van der Waals surface area contributed by atoms with E-state index in [2.05, 4.69) is 11.0 Å². The summed E-state index contributed by atoms with van der Waals surface area (Å²) in [6, 6.07) is 6.02. The smallest absolute Gasteiger partial charge is 0.184 e. The van der Waals surface area contributed by atoms with Gasteiger partial charge in [-0.05, 0) is 31.9 Å². The number of benzene rings is 1. The van der Waals surface area contributed by atoms with Crippen LogP contribution in [0.25, 0.3) is 0 Å². The van der Waals surface area contributed by atoms with E-state index in [4.69, 9.17) is 9.47 Å². The summed E-state index contributed by atoms with van der Waals surface area (Å²) in [5.41, 5.74) is 1.10. The number of fused-ring (bicyclic) bond motifs is 1. The molecule has 0 aliphatic carbocycles. The zero-order valence-corrected chi connectivity index (χ0v) is 11.2. The highest BCUT2D eigenvalue weighted by molar-refractivity contribution is 5.78. The van der Waals surface area contributed by atoms with E-state index in [0.717, 1.165) is 43.1 Å². The number of para-hydroxylation sites is 1. The molecule has 4 heteroatoms. The maximum atomic E-state index is 11.4. The molecule has 1 fully saturated rings. The molecule has 0 amide bonds. The molecule has 0 bridgehead atoms. The first kappa shape index (κ1) is 12.3. The molecule has 1 aromatic rings. The second-order valence-corrected chi connectivity index (χ2v) is 5.17. The van der Waals surface area contributed by atoms with E-state index in [9.17, 15) is 4.79 Å². The number of piperidine rings is 1. The number of nitrogens with zero attached hydrogens (tertiary/aromatic N) is 1. The third kappa shape index (κ3) is 2.39. The molecule has 0 N–H and O–H groups in total. The SMILES string of the molecule is CC(=O)C1CCN(c2cccc3c2OCCO3)CC1. The summed E-state index contributed by atoms with van der Waals surface area (Å²) in [4.78, 5) is 13.7. The van der Waals surface area contributed by atoms with Crippen LogP contribution >= 0.6 is 0 Å². The minimum Gasteiger partial charge on any atom is -0.486 e. The van der Waals surface area contributed by atoms with Gasteiger partial charge in [-0.3, -0.25) is 4.79 Å². The molecule has 0 saturated carbocycles. The molecular weight excluding hydrogens is 242 g/mol. The Balaban J connectivity index is 1.78. The van der Waals surface area contributed by atoms with Crippen LogP contribution in [-0.4, -0.2) is 32.1 Å². The number of hydrogen-bond acceptors (Lipinski definition) is 4. The molecule has 2 aliphatic heterocycles. The Morgan fingerprint density at radius 1 is 1.21 bits per heavy atom. The van der Waals surface area contributed by atoms with Crippen molar-refractivity contribution in [2.75, 3.05) is 31.2 Å². The molecular formula is C15H19NO3. The Bertz CT molecular complexity index is 478. The van der Waals surface area contributed by atoms with Gasteiger partial charge < -0.3 is 14.4 Å². The lowest BCUT2D eigenvalue weighted by molar-refractivity contribution is -0.121. The lowest BCUT2D eigenvalue weighted by Gasteiger charge is -2.34. The van der Waals surface area contributed by atoms with Crippen LogP contribution < -0.4 is 14.4 Å². The predicted octanol–water partition coefficient (Wildman–Crippen LogP) is 2.26. The first-order valence-electron chi connectivity index (χ1n) is 6.89. The summed E-state index contributed by atoms with van der Waals surface area (Å²) in [6.07, 6.45) is 1.86. The molecule has 0 radical (unpaired) electrons. The van der Waals surface area contributed by atoms with Crippen LogP contribution in [0, 0.1) is 5.92 Å². The van der Waals surface area contributed by atoms with Crippen molar-refractivity contribution in [3.8, 4) is 11.5 Å². The Morgan fingerprint density at radius 2 is 1.95 bits per heavy atom. The number of Topliss-reactive ketones (excluding diaryl/α,β-unsaturated/α-hetero) is 1. The number of carbonyl (C=O) groups excluding carboxylic acids is 1. The van der Waals surface area contributed by atoms with Crippen molar-refractivity contribution in [1.29, 1.82) is 0 Å². The Kier molecular flexibility index (Phi) is 3.32. The second kappa shape index (κ2) is 5.11. The van der Waals surface area contributed by atoms with Gasteiger partial charge in [-0.15, -0.1) is 0 Å². The molecule has 19 heavy (non-hydrogen) atoms. The molecule has 1 aromatic carbocycles. The highest BCUT2D eigenvalue weighted by Gasteiger charge is 2.26. The van der Waals surface area contributed by atoms with Crippen LogP contribution in [0.15, 0.2) is 18.2 Å². The van der Waals surface area contributed by atoms with Crippen molar-refractivity contribution >= 4 is 11.5 Å². The highest BCUT2D eigenvalue weighted by atomic mass is 16.6. The van der Waals surface area contributed by atoms with Gasteiger partial charge in [0.2, 0.25) is 0 Å². The molecule has 4 nitrogen and oxygen atoms in total. The summed E-state index contributed by atoms with van der Waals surface area (Å²) in [7, 11) is 0. The van der Waals surface area contributed by atoms with Gasteiger partial charge in [-0.1, -0.05) is 6.07 Å². The van der Waals surface area contributed by atoms with Crippen molar-refractivity contribution in [2.45, 2.75) is 19.8 Å². The number of anilines is 1. The fraction of sp³-hybridized carbons (Fsp3) is 0.533. The second-order valence-electron chi connectivity index (χ2n) is 5.17. The summed E-state index contributed by atoms with van der Waals surface area (Å²) < 4.78 is 11.4. The Hall–Kier alpha value is -1.71. The highest BCUT2D eigenvalue weighted by Crippen LogP contribution is 2.40. The maximum absolute atomic E-state index is 11.4. The largest absolute Gasteiger partial charge is 0.486 e. The quantitative estimate of drug-likeness (QED) is 0.818. The summed E-state index contributed by atoms with van der Waals surface area (Å²) in [5.74, 6) is 2.23. The van der Waals surface area contributed by atoms with Crippen LogP contribution in [0.3, 0.4) is 0 Å². The van der Waals surface area contributed by atoms with Gasteiger partial charge in [0, 0.05) is 19.0 Å². The van der Waals surface area contributed by atoms with Crippen LogP contribution in [0.5, 0.6) is 11.5 Å². The Morgan fingerprint density at radius 3 is 2.68 bits per heavy atom. The number of rotatable bonds is 2. The van der Waals surface area contributed by atoms with E-state index in [0.29, 0.717) is 19.0 Å². The third-order valence-electron chi connectivity index (χ3n) is 3.96. The number of ketones is 1. The number of hydrogen-bond donors (Lipinski definition) is 0. The van der Waals surface area contributed by atoms with E-state index in [1.54, 1.807) is 6.92 Å². The molecule has 0 aromatic heterocycles. The molecule has 2 heterocycles. The first-order chi connectivity index (χ1) is 9.25. The minimum absolute atomic E-state index is 0.230. The average Bonchev–Trinajstić information content (AvgIpc) is 2.47. The van der Waals surface area contributed by atoms with E-state index >= 15 is 0 Å². The van der Waals surface area contributed by atoms with Gasteiger partial charge in [0.1, 0.15) is 19.0 Å². The lowest BCUT2D eigenvalue weighted by Crippen LogP contribution is -2.36. The van der Waals surface area contributed by atoms with Gasteiger partial charge in [0.05, 0.1) is 5.69 Å². The topological polar surface area (TPSA) is 38.8 Å². The zero-order chi connectivity index (χ0) is 13.2. The van der Waals surface area contributed by atoms with Crippen LogP contribution in [0.1, 0.15) is 19.8 Å². The van der Waals surface area contributed by atoms with Crippen LogP contribution in [0.4, 0.5) is 5.69 Å². The predicted molar refractivity (Wildman–Crippen MR) is 73.1 cm³/mol. The van der Waals surface area contributed by atoms with Crippen LogP contribution in [-0.2, 0) is 4.79 Å². The maximum Gasteiger partial charge on any atom is 0.184 e. The minimum atomic E-state index is 0.230. The van der Waals surface area contributed by atoms with Gasteiger partial charge >= 0.3 is 0 Å². The molecule has 0 atom stereocenters. The van der Waals surface area contributed by atoms with Gasteiger partial charge in [0.15, 0.2) is 11.5 Å². The summed E-state index contributed by atoms with van der Waals surface area (Å²) >= 11 is 0. The standard InChI is InChI=1S/C15H19NO3/c1-11(17)12-5-7-16(8-6-12)13-3-2-4-14-15(13)19-10-9-18-14/h2-4,12H,5-10H2,1H3. The summed E-state index contributed by atoms with van der Waals surface area (Å²) in [6.45, 7) is 4.73. The van der Waals surface area contributed by atoms with E-state index in [1.165, 1.54) is 0 Å². The van der Waals surface area contributed by atoms with E-state index < -0.39 is 0 Å². The Labute approximate surface area is 113 Å². The van der Waals surface area contributed by atoms with Crippen molar-refractivity contribution in [1.82, 2.24) is 0 Å². The lowest BCUT2D eigenvalue weighted by atomic mass is 9.93. The van der Waals surface area contributed by atoms with Gasteiger partial charge in [-0.2, -0.15) is 0 Å². The molecule has 1 saturated heterocycles. The van der Waals surface area contributed by atoms with Gasteiger partial charge in [0.25, 0.3) is 0 Å². The fourth-order valence-electron chi connectivity index (χ4n) is 2.83. The normalized spacial score (nSPS) is 19.3. The van der Waals surface area contributed by atoms with Crippen molar-refractivity contribution in [2.24, 2.45) is 5.92 Å². The molecule has 3 rings (SSSR count). The van der Waals surface area contributed by atoms with Crippen molar-refractivity contribution in [3.05, 3.63) is 18.2 Å². The van der Waals surface area contributed by atoms with Crippen molar-refractivity contribution < 1.29 is 14.3 Å². The average molecular weight is 261 g/mol. The van der Waals surface area contributed by atoms with Crippen LogP contribution in [0.2, 0.25) is 0 Å². The number of carbonyl (C=O) groups is 1. The molecule has 0 spiro atoms. The van der Waals surface area contributed by atoms with E-state index in [-0.39, 0.29) is 5.92 Å². The molecule has 0 unspecified atom stereocenters. The van der Waals surface area contributed by atoms with E-state index in [1.807, 2.05) is 12.1 Å². The summed E-state index contributed by atoms with van der Waals surface area (Å²) in [5, 5.41) is 0. The van der Waals surface area contributed by atoms with Crippen molar-refractivity contribution in [3.63, 3.8) is 0 Å². The monoisotopic (exact) mass is 261 g/mol. The fourth-order valence-corrected chi connectivity index (χ4v) is 2.83. The zero-order valence-electron chi connectivity index (χ0n) is 11.2. The van der Waals surface area contributed by atoms with Gasteiger partial charge in [-0.25, -0.2) is 0 Å².